The fourth-order valence-corrected chi connectivity index (χ4v) is 7.33. The van der Waals surface area contributed by atoms with Crippen LogP contribution in [0.4, 0.5) is 0 Å². The number of hydrogen-bond donors (Lipinski definition) is 0. The third kappa shape index (κ3) is 56.2. The SMILES string of the molecule is CC/C=C\C/C=C\C/C=C\C/C=C\C/C=C\C/C=C\CCC(=O)OCC(COC(=O)CCCCC/C=C\C/C=C\C/C=C\C/C=C\CC)OC(=O)CCCCCCCCCCCC/C=C\C=C/CCCCC. The highest BCUT2D eigenvalue weighted by Gasteiger charge is 2.19. The Kier molecular flexibility index (Phi) is 55.0. The Hall–Kier alpha value is -4.71. The van der Waals surface area contributed by atoms with Crippen molar-refractivity contribution in [2.75, 3.05) is 13.2 Å². The molecule has 0 spiro atoms. The molecule has 6 heteroatoms. The number of carbonyl (C=O) groups is 3. The van der Waals surface area contributed by atoms with Crippen LogP contribution in [0, 0.1) is 0 Å². The molecular weight excluding hydrogens is 889 g/mol. The van der Waals surface area contributed by atoms with Gasteiger partial charge >= 0.3 is 17.9 Å². The lowest BCUT2D eigenvalue weighted by Gasteiger charge is -2.18. The molecule has 0 heterocycles. The fraction of sp³-hybridized carbons (Fsp3) is 0.591. The third-order valence-electron chi connectivity index (χ3n) is 11.6. The van der Waals surface area contributed by atoms with Gasteiger partial charge in [-0.3, -0.25) is 14.4 Å². The number of carbonyl (C=O) groups excluding carboxylic acids is 3. The van der Waals surface area contributed by atoms with Crippen molar-refractivity contribution in [2.45, 2.75) is 239 Å². The molecule has 0 aromatic rings. The molecule has 0 saturated carbocycles. The first kappa shape index (κ1) is 67.3. The minimum absolute atomic E-state index is 0.125. The molecule has 1 atom stereocenters. The standard InChI is InChI=1S/C66H104O6/c1-4-7-10-13-16-19-22-25-28-31-33-35-38-41-44-47-50-53-56-59-65(68)71-62-63(61-70-64(67)58-55-52-49-46-43-40-37-30-27-24-21-18-15-12-9-6-3)72-66(69)60-57-54-51-48-45-42-39-36-34-32-29-26-23-20-17-14-11-8-5-2/h7,9-10,12,16-21,23,25-28,30,33,35,40-41,43-44,50,53,63H,4-6,8,11,13-15,22,24,29,31-32,34,36-39,42,45-49,51-52,54-62H2,1-3H3/b10-7-,12-9-,19-16-,20-17-,21-18-,26-23-,28-25-,30-27-,35-33-,43-40-,44-41-,53-50-. The van der Waals surface area contributed by atoms with Gasteiger partial charge < -0.3 is 14.2 Å². The average Bonchev–Trinajstić information content (AvgIpc) is 3.38. The summed E-state index contributed by atoms with van der Waals surface area (Å²) in [4.78, 5) is 38.2. The van der Waals surface area contributed by atoms with Crippen LogP contribution in [0.5, 0.6) is 0 Å². The van der Waals surface area contributed by atoms with Crippen LogP contribution in [0.25, 0.3) is 0 Å². The molecule has 0 aliphatic carbocycles. The molecule has 404 valence electrons. The summed E-state index contributed by atoms with van der Waals surface area (Å²) in [6, 6.07) is 0. The summed E-state index contributed by atoms with van der Waals surface area (Å²) in [7, 11) is 0. The number of allylic oxidation sites excluding steroid dienone is 24. The highest BCUT2D eigenvalue weighted by molar-refractivity contribution is 5.71. The van der Waals surface area contributed by atoms with Crippen LogP contribution in [0.15, 0.2) is 146 Å². The molecule has 0 bridgehead atoms. The Morgan fingerprint density at radius 3 is 1.03 bits per heavy atom. The van der Waals surface area contributed by atoms with Crippen molar-refractivity contribution in [1.82, 2.24) is 0 Å². The predicted molar refractivity (Wildman–Crippen MR) is 311 cm³/mol. The van der Waals surface area contributed by atoms with E-state index in [0.29, 0.717) is 19.3 Å². The third-order valence-corrected chi connectivity index (χ3v) is 11.6. The van der Waals surface area contributed by atoms with Gasteiger partial charge in [0.15, 0.2) is 6.10 Å². The zero-order valence-corrected chi connectivity index (χ0v) is 46.1. The maximum absolute atomic E-state index is 12.9. The van der Waals surface area contributed by atoms with Crippen LogP contribution in [0.3, 0.4) is 0 Å². The van der Waals surface area contributed by atoms with Crippen molar-refractivity contribution in [3.63, 3.8) is 0 Å². The van der Waals surface area contributed by atoms with Gasteiger partial charge in [0, 0.05) is 19.3 Å². The van der Waals surface area contributed by atoms with Gasteiger partial charge in [-0.15, -0.1) is 0 Å². The quantitative estimate of drug-likeness (QED) is 0.0199. The number of esters is 3. The first-order valence-electron chi connectivity index (χ1n) is 28.9. The Labute approximate surface area is 442 Å². The molecule has 0 N–H and O–H groups in total. The number of unbranched alkanes of at least 4 members (excludes halogenated alkanes) is 16. The summed E-state index contributed by atoms with van der Waals surface area (Å²) in [6.45, 7) is 6.28. The maximum atomic E-state index is 12.9. The number of hydrogen-bond acceptors (Lipinski definition) is 6. The molecule has 0 fully saturated rings. The lowest BCUT2D eigenvalue weighted by molar-refractivity contribution is -0.166. The van der Waals surface area contributed by atoms with E-state index in [0.717, 1.165) is 109 Å². The normalized spacial score (nSPS) is 13.2. The van der Waals surface area contributed by atoms with Crippen molar-refractivity contribution < 1.29 is 28.6 Å². The second-order valence-electron chi connectivity index (χ2n) is 18.5. The molecule has 6 nitrogen and oxygen atoms in total. The van der Waals surface area contributed by atoms with E-state index in [1.807, 2.05) is 12.2 Å². The monoisotopic (exact) mass is 993 g/mol. The van der Waals surface area contributed by atoms with Gasteiger partial charge in [-0.05, 0) is 122 Å². The minimum atomic E-state index is -0.831. The second kappa shape index (κ2) is 58.9. The van der Waals surface area contributed by atoms with Gasteiger partial charge in [-0.25, -0.2) is 0 Å². The minimum Gasteiger partial charge on any atom is -0.462 e. The fourth-order valence-electron chi connectivity index (χ4n) is 7.33. The predicted octanol–water partition coefficient (Wildman–Crippen LogP) is 19.6. The van der Waals surface area contributed by atoms with Gasteiger partial charge in [0.05, 0.1) is 0 Å². The van der Waals surface area contributed by atoms with Crippen molar-refractivity contribution in [1.29, 1.82) is 0 Å². The molecule has 72 heavy (non-hydrogen) atoms. The summed E-state index contributed by atoms with van der Waals surface area (Å²) in [5.41, 5.74) is 0. The Morgan fingerprint density at radius 2 is 0.611 bits per heavy atom. The molecule has 0 aromatic carbocycles. The van der Waals surface area contributed by atoms with Crippen LogP contribution in [0.1, 0.15) is 233 Å². The van der Waals surface area contributed by atoms with E-state index >= 15 is 0 Å². The van der Waals surface area contributed by atoms with Gasteiger partial charge in [-0.1, -0.05) is 237 Å². The molecule has 0 aliphatic heterocycles. The van der Waals surface area contributed by atoms with E-state index in [1.54, 1.807) is 0 Å². The first-order chi connectivity index (χ1) is 35.5. The topological polar surface area (TPSA) is 78.9 Å². The van der Waals surface area contributed by atoms with E-state index < -0.39 is 6.10 Å². The van der Waals surface area contributed by atoms with E-state index in [9.17, 15) is 14.4 Å². The highest BCUT2D eigenvalue weighted by atomic mass is 16.6. The lowest BCUT2D eigenvalue weighted by atomic mass is 10.1. The largest absolute Gasteiger partial charge is 0.462 e. The highest BCUT2D eigenvalue weighted by Crippen LogP contribution is 2.14. The van der Waals surface area contributed by atoms with Crippen molar-refractivity contribution in [3.8, 4) is 0 Å². The Bertz CT molecular complexity index is 1610. The van der Waals surface area contributed by atoms with Gasteiger partial charge in [0.25, 0.3) is 0 Å². The lowest BCUT2D eigenvalue weighted by Crippen LogP contribution is -2.30. The number of ether oxygens (including phenoxy) is 3. The van der Waals surface area contributed by atoms with E-state index in [4.69, 9.17) is 14.2 Å². The molecule has 0 amide bonds. The molecular formula is C66H104O6. The molecule has 1 unspecified atom stereocenters. The second-order valence-corrected chi connectivity index (χ2v) is 18.5. The molecule has 0 aromatic heterocycles. The van der Waals surface area contributed by atoms with Crippen molar-refractivity contribution >= 4 is 17.9 Å². The van der Waals surface area contributed by atoms with Gasteiger partial charge in [0.1, 0.15) is 13.2 Å². The van der Waals surface area contributed by atoms with E-state index in [1.165, 1.54) is 77.0 Å². The summed E-state index contributed by atoms with van der Waals surface area (Å²) in [5.74, 6) is -1.05. The van der Waals surface area contributed by atoms with E-state index in [2.05, 4.69) is 154 Å². The maximum Gasteiger partial charge on any atom is 0.306 e. The van der Waals surface area contributed by atoms with Crippen molar-refractivity contribution in [3.05, 3.63) is 146 Å². The van der Waals surface area contributed by atoms with Crippen LogP contribution in [-0.2, 0) is 28.6 Å². The summed E-state index contributed by atoms with van der Waals surface area (Å²) in [6.07, 6.45) is 84.2. The van der Waals surface area contributed by atoms with Gasteiger partial charge in [-0.2, -0.15) is 0 Å². The van der Waals surface area contributed by atoms with E-state index in [-0.39, 0.29) is 37.5 Å². The number of rotatable bonds is 50. The summed E-state index contributed by atoms with van der Waals surface area (Å²) >= 11 is 0. The molecule has 0 radical (unpaired) electrons. The Morgan fingerprint density at radius 1 is 0.306 bits per heavy atom. The molecule has 0 rings (SSSR count). The van der Waals surface area contributed by atoms with Crippen LogP contribution >= 0.6 is 0 Å². The van der Waals surface area contributed by atoms with Crippen LogP contribution in [0.2, 0.25) is 0 Å². The first-order valence-corrected chi connectivity index (χ1v) is 28.9. The Balaban J connectivity index is 4.57. The zero-order valence-electron chi connectivity index (χ0n) is 46.1. The van der Waals surface area contributed by atoms with Crippen LogP contribution in [-0.4, -0.2) is 37.2 Å². The van der Waals surface area contributed by atoms with Gasteiger partial charge in [0.2, 0.25) is 0 Å². The van der Waals surface area contributed by atoms with Crippen molar-refractivity contribution in [2.24, 2.45) is 0 Å². The molecule has 0 saturated heterocycles. The van der Waals surface area contributed by atoms with Crippen LogP contribution < -0.4 is 0 Å². The summed E-state index contributed by atoms with van der Waals surface area (Å²) in [5, 5.41) is 0. The zero-order chi connectivity index (χ0) is 52.2. The smallest absolute Gasteiger partial charge is 0.306 e. The summed E-state index contributed by atoms with van der Waals surface area (Å²) < 4.78 is 16.8. The average molecular weight is 994 g/mol. The molecule has 0 aliphatic rings.